The molecule has 0 aromatic heterocycles. The molecule has 1 amide bonds. The predicted octanol–water partition coefficient (Wildman–Crippen LogP) is 3.24. The van der Waals surface area contributed by atoms with E-state index < -0.39 is 0 Å². The number of nitrogens with one attached hydrogen (secondary N) is 2. The summed E-state index contributed by atoms with van der Waals surface area (Å²) in [6.07, 6.45) is 0.976. The van der Waals surface area contributed by atoms with Gasteiger partial charge in [0.15, 0.2) is 0 Å². The Labute approximate surface area is 101 Å². The fraction of sp³-hybridized carbons (Fsp3) is 0.462. The number of amides is 1. The molecule has 2 N–H and O–H groups in total. The Bertz CT molecular complexity index is 391. The number of hydrogen-bond donors (Lipinski definition) is 2. The quantitative estimate of drug-likeness (QED) is 0.826. The summed E-state index contributed by atoms with van der Waals surface area (Å²) in [6, 6.07) is 4.50. The topological polar surface area (TPSA) is 41.1 Å². The van der Waals surface area contributed by atoms with Crippen LogP contribution in [0.3, 0.4) is 0 Å². The van der Waals surface area contributed by atoms with E-state index in [9.17, 15) is 9.18 Å². The Kier molecular flexibility index (Phi) is 4.94. The minimum atomic E-state index is -0.303. The first-order chi connectivity index (χ1) is 7.99. The van der Waals surface area contributed by atoms with E-state index in [4.69, 9.17) is 0 Å². The van der Waals surface area contributed by atoms with Gasteiger partial charge in [0.05, 0.1) is 5.69 Å². The SMILES string of the molecule is CC(=O)Nc1ccc(F)c(NCCC(C)C)c1. The summed E-state index contributed by atoms with van der Waals surface area (Å²) in [7, 11) is 0. The first kappa shape index (κ1) is 13.5. The Hall–Kier alpha value is -1.58. The molecule has 1 aromatic rings. The molecule has 0 saturated heterocycles. The summed E-state index contributed by atoms with van der Waals surface area (Å²) in [5.41, 5.74) is 1.03. The maximum absolute atomic E-state index is 13.5. The standard InChI is InChI=1S/C13H19FN2O/c1-9(2)6-7-15-13-8-11(16-10(3)17)4-5-12(13)14/h4-5,8-9,15H,6-7H2,1-3H3,(H,16,17). The number of halogens is 1. The van der Waals surface area contributed by atoms with Gasteiger partial charge in [0.1, 0.15) is 5.82 Å². The molecule has 94 valence electrons. The third-order valence-corrected chi connectivity index (χ3v) is 2.32. The minimum absolute atomic E-state index is 0.162. The largest absolute Gasteiger partial charge is 0.383 e. The first-order valence-corrected chi connectivity index (χ1v) is 5.80. The van der Waals surface area contributed by atoms with Crippen LogP contribution in [0.4, 0.5) is 15.8 Å². The van der Waals surface area contributed by atoms with E-state index in [0.717, 1.165) is 13.0 Å². The highest BCUT2D eigenvalue weighted by Gasteiger charge is 2.04. The summed E-state index contributed by atoms with van der Waals surface area (Å²) in [4.78, 5) is 10.9. The molecule has 17 heavy (non-hydrogen) atoms. The summed E-state index contributed by atoms with van der Waals surface area (Å²) in [6.45, 7) is 6.38. The molecule has 0 aliphatic carbocycles. The van der Waals surface area contributed by atoms with Crippen LogP contribution in [0.2, 0.25) is 0 Å². The third-order valence-electron chi connectivity index (χ3n) is 2.32. The van der Waals surface area contributed by atoms with Crippen molar-refractivity contribution in [3.05, 3.63) is 24.0 Å². The zero-order valence-corrected chi connectivity index (χ0v) is 10.5. The Morgan fingerprint density at radius 3 is 2.71 bits per heavy atom. The number of hydrogen-bond acceptors (Lipinski definition) is 2. The van der Waals surface area contributed by atoms with E-state index in [1.54, 1.807) is 12.1 Å². The van der Waals surface area contributed by atoms with Crippen LogP contribution >= 0.6 is 0 Å². The molecule has 0 aliphatic rings. The number of anilines is 2. The summed E-state index contributed by atoms with van der Waals surface area (Å²) in [5.74, 6) is 0.108. The highest BCUT2D eigenvalue weighted by atomic mass is 19.1. The van der Waals surface area contributed by atoms with Gasteiger partial charge in [-0.25, -0.2) is 4.39 Å². The van der Waals surface area contributed by atoms with E-state index in [1.807, 2.05) is 0 Å². The van der Waals surface area contributed by atoms with Gasteiger partial charge in [0.25, 0.3) is 0 Å². The van der Waals surface area contributed by atoms with Gasteiger partial charge in [-0.15, -0.1) is 0 Å². The molecule has 1 rings (SSSR count). The van der Waals surface area contributed by atoms with Gasteiger partial charge in [-0.05, 0) is 30.5 Å². The summed E-state index contributed by atoms with van der Waals surface area (Å²) >= 11 is 0. The highest BCUT2D eigenvalue weighted by Crippen LogP contribution is 2.19. The first-order valence-electron chi connectivity index (χ1n) is 5.80. The van der Waals surface area contributed by atoms with Crippen LogP contribution in [-0.4, -0.2) is 12.5 Å². The maximum atomic E-state index is 13.5. The average Bonchev–Trinajstić information content (AvgIpc) is 2.21. The molecule has 0 fully saturated rings. The Balaban J connectivity index is 2.66. The molecule has 0 bridgehead atoms. The molecule has 0 atom stereocenters. The molecule has 0 heterocycles. The summed E-state index contributed by atoms with van der Waals surface area (Å²) in [5, 5.41) is 5.66. The van der Waals surface area contributed by atoms with Gasteiger partial charge < -0.3 is 10.6 Å². The maximum Gasteiger partial charge on any atom is 0.221 e. The van der Waals surface area contributed by atoms with Gasteiger partial charge in [-0.3, -0.25) is 4.79 Å². The van der Waals surface area contributed by atoms with Crippen LogP contribution < -0.4 is 10.6 Å². The highest BCUT2D eigenvalue weighted by molar-refractivity contribution is 5.89. The Morgan fingerprint density at radius 2 is 2.12 bits per heavy atom. The normalized spacial score (nSPS) is 10.4. The molecule has 4 heteroatoms. The number of carbonyl (C=O) groups is 1. The average molecular weight is 238 g/mol. The number of rotatable bonds is 5. The second-order valence-electron chi connectivity index (χ2n) is 4.49. The van der Waals surface area contributed by atoms with Crippen LogP contribution in [0.15, 0.2) is 18.2 Å². The van der Waals surface area contributed by atoms with Crippen molar-refractivity contribution < 1.29 is 9.18 Å². The monoisotopic (exact) mass is 238 g/mol. The minimum Gasteiger partial charge on any atom is -0.383 e. The molecule has 0 unspecified atom stereocenters. The second kappa shape index (κ2) is 6.23. The lowest BCUT2D eigenvalue weighted by atomic mass is 10.1. The van der Waals surface area contributed by atoms with E-state index in [2.05, 4.69) is 24.5 Å². The molecule has 3 nitrogen and oxygen atoms in total. The Morgan fingerprint density at radius 1 is 1.41 bits per heavy atom. The molecular formula is C13H19FN2O. The van der Waals surface area contributed by atoms with Crippen molar-refractivity contribution in [2.75, 3.05) is 17.2 Å². The van der Waals surface area contributed by atoms with Crippen LogP contribution in [0, 0.1) is 11.7 Å². The van der Waals surface area contributed by atoms with E-state index in [1.165, 1.54) is 13.0 Å². The van der Waals surface area contributed by atoms with Gasteiger partial charge >= 0.3 is 0 Å². The van der Waals surface area contributed by atoms with Gasteiger partial charge in [-0.1, -0.05) is 13.8 Å². The zero-order valence-electron chi connectivity index (χ0n) is 10.5. The van der Waals surface area contributed by atoms with Crippen LogP contribution in [0.1, 0.15) is 27.2 Å². The van der Waals surface area contributed by atoms with E-state index in [0.29, 0.717) is 17.3 Å². The van der Waals surface area contributed by atoms with Crippen LogP contribution in [-0.2, 0) is 4.79 Å². The smallest absolute Gasteiger partial charge is 0.221 e. The van der Waals surface area contributed by atoms with Crippen LogP contribution in [0.5, 0.6) is 0 Å². The van der Waals surface area contributed by atoms with Gasteiger partial charge in [-0.2, -0.15) is 0 Å². The molecule has 0 saturated carbocycles. The fourth-order valence-electron chi connectivity index (χ4n) is 1.44. The third kappa shape index (κ3) is 4.85. The lowest BCUT2D eigenvalue weighted by Gasteiger charge is -2.11. The van der Waals surface area contributed by atoms with E-state index in [-0.39, 0.29) is 11.7 Å². The lowest BCUT2D eigenvalue weighted by molar-refractivity contribution is -0.114. The number of benzene rings is 1. The van der Waals surface area contributed by atoms with Crippen molar-refractivity contribution >= 4 is 17.3 Å². The fourth-order valence-corrected chi connectivity index (χ4v) is 1.44. The zero-order chi connectivity index (χ0) is 12.8. The number of carbonyl (C=O) groups excluding carboxylic acids is 1. The van der Waals surface area contributed by atoms with Crippen molar-refractivity contribution in [3.63, 3.8) is 0 Å². The second-order valence-corrected chi connectivity index (χ2v) is 4.49. The van der Waals surface area contributed by atoms with Crippen molar-refractivity contribution in [3.8, 4) is 0 Å². The van der Waals surface area contributed by atoms with Gasteiger partial charge in [0.2, 0.25) is 5.91 Å². The molecule has 1 aromatic carbocycles. The van der Waals surface area contributed by atoms with Gasteiger partial charge in [0, 0.05) is 19.2 Å². The lowest BCUT2D eigenvalue weighted by Crippen LogP contribution is -2.09. The van der Waals surface area contributed by atoms with Crippen molar-refractivity contribution in [1.82, 2.24) is 0 Å². The molecular weight excluding hydrogens is 219 g/mol. The van der Waals surface area contributed by atoms with Crippen molar-refractivity contribution in [1.29, 1.82) is 0 Å². The molecule has 0 aliphatic heterocycles. The van der Waals surface area contributed by atoms with Crippen molar-refractivity contribution in [2.45, 2.75) is 27.2 Å². The summed E-state index contributed by atoms with van der Waals surface area (Å²) < 4.78 is 13.5. The van der Waals surface area contributed by atoms with Crippen LogP contribution in [0.25, 0.3) is 0 Å². The van der Waals surface area contributed by atoms with Crippen molar-refractivity contribution in [2.24, 2.45) is 5.92 Å². The predicted molar refractivity (Wildman–Crippen MR) is 68.6 cm³/mol. The molecule has 0 radical (unpaired) electrons. The van der Waals surface area contributed by atoms with E-state index >= 15 is 0 Å². The molecule has 0 spiro atoms.